The smallest absolute Gasteiger partial charge is 0.365 e. The van der Waals surface area contributed by atoms with E-state index in [-0.39, 0.29) is 5.56 Å². The van der Waals surface area contributed by atoms with Crippen molar-refractivity contribution in [2.24, 2.45) is 5.73 Å². The van der Waals surface area contributed by atoms with Gasteiger partial charge in [-0.15, -0.1) is 0 Å². The maximum atomic E-state index is 12.1. The minimum Gasteiger partial charge on any atom is -0.365 e. The van der Waals surface area contributed by atoms with E-state index in [2.05, 4.69) is 4.98 Å². The van der Waals surface area contributed by atoms with Gasteiger partial charge in [0.15, 0.2) is 0 Å². The van der Waals surface area contributed by atoms with Gasteiger partial charge >= 0.3 is 6.18 Å². The Balaban J connectivity index is 2.92. The summed E-state index contributed by atoms with van der Waals surface area (Å²) >= 11 is 0. The van der Waals surface area contributed by atoms with Crippen LogP contribution in [-0.4, -0.2) is 11.2 Å². The third kappa shape index (κ3) is 1.61. The molecule has 0 spiro atoms. The van der Waals surface area contributed by atoms with Gasteiger partial charge in [-0.1, -0.05) is 0 Å². The first kappa shape index (κ1) is 9.12. The highest BCUT2D eigenvalue weighted by atomic mass is 19.4. The van der Waals surface area contributed by atoms with Crippen molar-refractivity contribution in [3.8, 4) is 0 Å². The first-order chi connectivity index (χ1) is 5.43. The summed E-state index contributed by atoms with van der Waals surface area (Å²) in [5.41, 5.74) is 5.53. The zero-order valence-electron chi connectivity index (χ0n) is 6.44. The molecule has 1 aromatic heterocycles. The van der Waals surface area contributed by atoms with E-state index in [0.717, 1.165) is 0 Å². The van der Waals surface area contributed by atoms with E-state index >= 15 is 0 Å². The Hall–Kier alpha value is -0.970. The van der Waals surface area contributed by atoms with Crippen LogP contribution in [0.1, 0.15) is 17.3 Å². The van der Waals surface area contributed by atoms with Gasteiger partial charge in [0.1, 0.15) is 6.04 Å². The molecule has 68 valence electrons. The van der Waals surface area contributed by atoms with Gasteiger partial charge < -0.3 is 10.7 Å². The average Bonchev–Trinajstić information content (AvgIpc) is 2.31. The molecule has 0 radical (unpaired) electrons. The van der Waals surface area contributed by atoms with Gasteiger partial charge in [0, 0.05) is 11.9 Å². The second-order valence-electron chi connectivity index (χ2n) is 2.58. The lowest BCUT2D eigenvalue weighted by atomic mass is 10.1. The van der Waals surface area contributed by atoms with Crippen LogP contribution in [-0.2, 0) is 0 Å². The Morgan fingerprint density at radius 2 is 2.08 bits per heavy atom. The van der Waals surface area contributed by atoms with Crippen LogP contribution >= 0.6 is 0 Å². The van der Waals surface area contributed by atoms with Crippen molar-refractivity contribution < 1.29 is 13.2 Å². The van der Waals surface area contributed by atoms with E-state index in [1.54, 1.807) is 6.92 Å². The van der Waals surface area contributed by atoms with Gasteiger partial charge in [0.25, 0.3) is 0 Å². The summed E-state index contributed by atoms with van der Waals surface area (Å²) < 4.78 is 36.2. The van der Waals surface area contributed by atoms with E-state index in [0.29, 0.717) is 5.69 Å². The third-order valence-electron chi connectivity index (χ3n) is 1.68. The molecule has 2 nitrogen and oxygen atoms in total. The molecule has 5 heteroatoms. The van der Waals surface area contributed by atoms with Crippen LogP contribution < -0.4 is 5.73 Å². The molecule has 0 aliphatic heterocycles. The highest BCUT2D eigenvalue weighted by Crippen LogP contribution is 2.31. The number of hydrogen-bond donors (Lipinski definition) is 2. The number of hydrogen-bond acceptors (Lipinski definition) is 1. The Labute approximate surface area is 67.6 Å². The number of aryl methyl sites for hydroxylation is 1. The van der Waals surface area contributed by atoms with Gasteiger partial charge in [0.2, 0.25) is 0 Å². The third-order valence-corrected chi connectivity index (χ3v) is 1.68. The Morgan fingerprint density at radius 3 is 2.42 bits per heavy atom. The van der Waals surface area contributed by atoms with Crippen LogP contribution in [0.25, 0.3) is 0 Å². The molecule has 1 rings (SSSR count). The van der Waals surface area contributed by atoms with Gasteiger partial charge in [0.05, 0.1) is 0 Å². The maximum absolute atomic E-state index is 12.1. The van der Waals surface area contributed by atoms with E-state index < -0.39 is 12.2 Å². The van der Waals surface area contributed by atoms with Crippen molar-refractivity contribution in [2.45, 2.75) is 19.1 Å². The number of H-pyrrole nitrogens is 1. The van der Waals surface area contributed by atoms with Gasteiger partial charge in [-0.2, -0.15) is 13.2 Å². The lowest BCUT2D eigenvalue weighted by Crippen LogP contribution is -2.28. The number of rotatable bonds is 1. The zero-order chi connectivity index (χ0) is 9.35. The van der Waals surface area contributed by atoms with Crippen LogP contribution in [0.2, 0.25) is 0 Å². The van der Waals surface area contributed by atoms with Crippen molar-refractivity contribution >= 4 is 0 Å². The quantitative estimate of drug-likeness (QED) is 0.677. The Morgan fingerprint density at radius 1 is 1.50 bits per heavy atom. The number of nitrogens with one attached hydrogen (secondary N) is 1. The minimum absolute atomic E-state index is 0.0995. The molecular weight excluding hydrogens is 169 g/mol. The molecule has 12 heavy (non-hydrogen) atoms. The highest BCUT2D eigenvalue weighted by molar-refractivity contribution is 5.23. The summed E-state index contributed by atoms with van der Waals surface area (Å²) in [6, 6.07) is -0.545. The molecule has 0 aliphatic rings. The molecule has 0 saturated carbocycles. The zero-order valence-corrected chi connectivity index (χ0v) is 6.44. The number of nitrogens with two attached hydrogens (primary N) is 1. The molecule has 0 unspecified atom stereocenters. The molecule has 1 heterocycles. The van der Waals surface area contributed by atoms with Gasteiger partial charge in [-0.25, -0.2) is 0 Å². The van der Waals surface area contributed by atoms with Crippen LogP contribution in [0.3, 0.4) is 0 Å². The molecular formula is C7H9F3N2. The summed E-state index contributed by atoms with van der Waals surface area (Å²) in [5.74, 6) is 0. The van der Waals surface area contributed by atoms with E-state index in [9.17, 15) is 13.2 Å². The minimum atomic E-state index is -4.37. The van der Waals surface area contributed by atoms with Crippen molar-refractivity contribution in [3.63, 3.8) is 0 Å². The summed E-state index contributed by atoms with van der Waals surface area (Å²) in [6.45, 7) is 1.56. The second-order valence-corrected chi connectivity index (χ2v) is 2.58. The summed E-state index contributed by atoms with van der Waals surface area (Å²) in [6.07, 6.45) is -2.93. The first-order valence-electron chi connectivity index (χ1n) is 3.39. The Bertz CT molecular complexity index is 264. The van der Waals surface area contributed by atoms with Crippen molar-refractivity contribution in [1.82, 2.24) is 4.98 Å². The predicted molar refractivity (Wildman–Crippen MR) is 38.5 cm³/mol. The van der Waals surface area contributed by atoms with Crippen LogP contribution in [0.5, 0.6) is 0 Å². The lowest BCUT2D eigenvalue weighted by Gasteiger charge is -2.14. The molecule has 0 aliphatic carbocycles. The molecule has 0 amide bonds. The molecule has 1 aromatic rings. The number of halogens is 3. The van der Waals surface area contributed by atoms with Crippen molar-refractivity contribution in [3.05, 3.63) is 23.5 Å². The van der Waals surface area contributed by atoms with Crippen LogP contribution in [0, 0.1) is 6.92 Å². The fourth-order valence-electron chi connectivity index (χ4n) is 0.978. The summed E-state index contributed by atoms with van der Waals surface area (Å²) in [4.78, 5) is 2.64. The van der Waals surface area contributed by atoms with Crippen molar-refractivity contribution in [1.29, 1.82) is 0 Å². The Kier molecular flexibility index (Phi) is 2.14. The molecule has 0 aromatic carbocycles. The lowest BCUT2D eigenvalue weighted by molar-refractivity contribution is -0.149. The standard InChI is InChI=1S/C7H9F3N2/c1-4-5(2-3-12-4)6(11)7(8,9)10/h2-3,6,12H,11H2,1H3/t6-/m0/s1. The number of aromatic amines is 1. The molecule has 0 saturated heterocycles. The summed E-state index contributed by atoms with van der Waals surface area (Å²) in [7, 11) is 0. The normalized spacial score (nSPS) is 14.8. The van der Waals surface area contributed by atoms with Crippen molar-refractivity contribution in [2.75, 3.05) is 0 Å². The topological polar surface area (TPSA) is 41.8 Å². The number of aromatic nitrogens is 1. The second kappa shape index (κ2) is 2.82. The van der Waals surface area contributed by atoms with E-state index in [1.165, 1.54) is 12.3 Å². The maximum Gasteiger partial charge on any atom is 0.407 e. The molecule has 0 fully saturated rings. The predicted octanol–water partition coefficient (Wildman–Crippen LogP) is 1.89. The SMILES string of the molecule is Cc1[nH]ccc1[C@H](N)C(F)(F)F. The van der Waals surface area contributed by atoms with E-state index in [4.69, 9.17) is 5.73 Å². The van der Waals surface area contributed by atoms with E-state index in [1.807, 2.05) is 0 Å². The molecule has 0 bridgehead atoms. The van der Waals surface area contributed by atoms with Gasteiger partial charge in [-0.05, 0) is 18.6 Å². The summed E-state index contributed by atoms with van der Waals surface area (Å²) in [5, 5.41) is 0. The average molecular weight is 178 g/mol. The number of alkyl halides is 3. The highest BCUT2D eigenvalue weighted by Gasteiger charge is 2.38. The van der Waals surface area contributed by atoms with Gasteiger partial charge in [-0.3, -0.25) is 0 Å². The monoisotopic (exact) mass is 178 g/mol. The molecule has 3 N–H and O–H groups in total. The first-order valence-corrected chi connectivity index (χ1v) is 3.39. The molecule has 1 atom stereocenters. The van der Waals surface area contributed by atoms with Crippen LogP contribution in [0.15, 0.2) is 12.3 Å². The largest absolute Gasteiger partial charge is 0.407 e. The van der Waals surface area contributed by atoms with Crippen LogP contribution in [0.4, 0.5) is 13.2 Å². The fraction of sp³-hybridized carbons (Fsp3) is 0.429. The fourth-order valence-corrected chi connectivity index (χ4v) is 0.978.